The molecule has 200 valence electrons. The van der Waals surface area contributed by atoms with E-state index in [0.717, 1.165) is 24.0 Å². The van der Waals surface area contributed by atoms with Gasteiger partial charge in [0.1, 0.15) is 11.5 Å². The van der Waals surface area contributed by atoms with Crippen LogP contribution in [-0.4, -0.2) is 34.1 Å². The Labute approximate surface area is 224 Å². The van der Waals surface area contributed by atoms with Crippen LogP contribution in [0.1, 0.15) is 54.5 Å². The van der Waals surface area contributed by atoms with E-state index in [9.17, 15) is 13.2 Å². The maximum atomic E-state index is 13.8. The van der Waals surface area contributed by atoms with Crippen molar-refractivity contribution >= 4 is 21.6 Å². The number of rotatable bonds is 7. The van der Waals surface area contributed by atoms with Gasteiger partial charge in [-0.2, -0.15) is 0 Å². The molecular weight excluding hydrogens is 500 g/mol. The zero-order valence-electron chi connectivity index (χ0n) is 22.1. The van der Waals surface area contributed by atoms with Gasteiger partial charge in [0.25, 0.3) is 15.9 Å². The first-order chi connectivity index (χ1) is 18.3. The predicted octanol–water partition coefficient (Wildman–Crippen LogP) is 5.11. The average Bonchev–Trinajstić information content (AvgIpc) is 2.94. The highest BCUT2D eigenvalue weighted by atomic mass is 32.2. The third-order valence-electron chi connectivity index (χ3n) is 7.42. The lowest BCUT2D eigenvalue weighted by atomic mass is 9.88. The Hall–Kier alpha value is -3.52. The highest BCUT2D eigenvalue weighted by molar-refractivity contribution is 7.92. The van der Waals surface area contributed by atoms with Crippen molar-refractivity contribution in [3.8, 4) is 11.5 Å². The highest BCUT2D eigenvalue weighted by Gasteiger charge is 2.38. The standard InChI is InChI=1S/C30H34N2O5S/c1-4-26(23-11-10-21-7-5-6-8-22(21)18-23)31-30(33)29-19-32(27-17-20(2)9-16-28(27)37-29)38(34,35)25-14-12-24(36-3)13-15-25/h9-18,26,29H,4-8,19H2,1-3H3,(H,31,33)/t26-,29-/m0/s1. The normalized spacial score (nSPS) is 17.6. The molecule has 0 fully saturated rings. The van der Waals surface area contributed by atoms with Gasteiger partial charge in [0.2, 0.25) is 0 Å². The molecule has 7 nitrogen and oxygen atoms in total. The lowest BCUT2D eigenvalue weighted by Gasteiger charge is -2.35. The summed E-state index contributed by atoms with van der Waals surface area (Å²) >= 11 is 0. The summed E-state index contributed by atoms with van der Waals surface area (Å²) in [4.78, 5) is 13.6. The minimum atomic E-state index is -3.96. The Morgan fingerprint density at radius 1 is 1.05 bits per heavy atom. The average molecular weight is 535 g/mol. The molecule has 2 aliphatic rings. The van der Waals surface area contributed by atoms with Crippen molar-refractivity contribution in [1.82, 2.24) is 5.32 Å². The molecule has 1 amide bonds. The molecule has 1 aliphatic carbocycles. The molecular formula is C30H34N2O5S. The number of methoxy groups -OCH3 is 1. The fourth-order valence-corrected chi connectivity index (χ4v) is 6.72. The second kappa shape index (κ2) is 10.7. The molecule has 0 radical (unpaired) electrons. The van der Waals surface area contributed by atoms with E-state index < -0.39 is 16.1 Å². The molecule has 0 saturated heterocycles. The summed E-state index contributed by atoms with van der Waals surface area (Å²) in [7, 11) is -2.43. The largest absolute Gasteiger partial charge is 0.497 e. The quantitative estimate of drug-likeness (QED) is 0.456. The third kappa shape index (κ3) is 5.10. The van der Waals surface area contributed by atoms with Crippen molar-refractivity contribution in [2.75, 3.05) is 18.0 Å². The van der Waals surface area contributed by atoms with Crippen LogP contribution in [0.2, 0.25) is 0 Å². The van der Waals surface area contributed by atoms with E-state index in [1.807, 2.05) is 19.9 Å². The van der Waals surface area contributed by atoms with Gasteiger partial charge in [-0.25, -0.2) is 8.42 Å². The number of nitrogens with zero attached hydrogens (tertiary/aromatic N) is 1. The first kappa shape index (κ1) is 26.1. The van der Waals surface area contributed by atoms with E-state index >= 15 is 0 Å². The lowest BCUT2D eigenvalue weighted by Crippen LogP contribution is -2.51. The molecule has 3 aromatic rings. The minimum Gasteiger partial charge on any atom is -0.497 e. The van der Waals surface area contributed by atoms with Crippen molar-refractivity contribution in [1.29, 1.82) is 0 Å². The molecule has 0 bridgehead atoms. The molecule has 8 heteroatoms. The Bertz CT molecular complexity index is 1440. The van der Waals surface area contributed by atoms with Gasteiger partial charge in [-0.05, 0) is 97.7 Å². The molecule has 5 rings (SSSR count). The maximum Gasteiger partial charge on any atom is 0.264 e. The topological polar surface area (TPSA) is 84.9 Å². The van der Waals surface area contributed by atoms with E-state index in [4.69, 9.17) is 9.47 Å². The van der Waals surface area contributed by atoms with E-state index in [0.29, 0.717) is 23.6 Å². The van der Waals surface area contributed by atoms with Crippen molar-refractivity contribution < 1.29 is 22.7 Å². The van der Waals surface area contributed by atoms with Crippen LogP contribution >= 0.6 is 0 Å². The van der Waals surface area contributed by atoms with Gasteiger partial charge in [0.15, 0.2) is 6.10 Å². The lowest BCUT2D eigenvalue weighted by molar-refractivity contribution is -0.128. The van der Waals surface area contributed by atoms with Gasteiger partial charge in [-0.1, -0.05) is 31.2 Å². The third-order valence-corrected chi connectivity index (χ3v) is 9.22. The number of hydrogen-bond donors (Lipinski definition) is 1. The Morgan fingerprint density at radius 3 is 2.50 bits per heavy atom. The SMILES string of the molecule is CC[C@H](NC(=O)[C@@H]1CN(S(=O)(=O)c2ccc(OC)cc2)c2cc(C)ccc2O1)c1ccc2c(c1)CCCC2. The van der Waals surface area contributed by atoms with Crippen LogP contribution in [0.5, 0.6) is 11.5 Å². The number of hydrogen-bond acceptors (Lipinski definition) is 5. The predicted molar refractivity (Wildman–Crippen MR) is 147 cm³/mol. The number of nitrogens with one attached hydrogen (secondary N) is 1. The van der Waals surface area contributed by atoms with Gasteiger partial charge in [-0.15, -0.1) is 0 Å². The second-order valence-electron chi connectivity index (χ2n) is 9.99. The number of fused-ring (bicyclic) bond motifs is 2. The van der Waals surface area contributed by atoms with Crippen LogP contribution in [0.4, 0.5) is 5.69 Å². The van der Waals surface area contributed by atoms with Gasteiger partial charge < -0.3 is 14.8 Å². The fraction of sp³-hybridized carbons (Fsp3) is 0.367. The summed E-state index contributed by atoms with van der Waals surface area (Å²) in [5.74, 6) is 0.587. The van der Waals surface area contributed by atoms with Gasteiger partial charge in [0, 0.05) is 0 Å². The minimum absolute atomic E-state index is 0.118. The van der Waals surface area contributed by atoms with Crippen LogP contribution in [0.25, 0.3) is 0 Å². The van der Waals surface area contributed by atoms with E-state index in [2.05, 4.69) is 23.5 Å². The number of carbonyl (C=O) groups is 1. The molecule has 1 N–H and O–H groups in total. The highest BCUT2D eigenvalue weighted by Crippen LogP contribution is 2.38. The molecule has 2 atom stereocenters. The summed E-state index contributed by atoms with van der Waals surface area (Å²) in [6.45, 7) is 3.80. The Morgan fingerprint density at radius 2 is 1.79 bits per heavy atom. The first-order valence-corrected chi connectivity index (χ1v) is 14.6. The smallest absolute Gasteiger partial charge is 0.264 e. The number of aryl methyl sites for hydroxylation is 3. The summed E-state index contributed by atoms with van der Waals surface area (Å²) in [5, 5.41) is 3.13. The number of amides is 1. The van der Waals surface area contributed by atoms with Crippen molar-refractivity contribution in [2.24, 2.45) is 0 Å². The van der Waals surface area contributed by atoms with E-state index in [1.54, 1.807) is 24.3 Å². The molecule has 0 saturated carbocycles. The molecule has 38 heavy (non-hydrogen) atoms. The van der Waals surface area contributed by atoms with Crippen LogP contribution in [0.15, 0.2) is 65.6 Å². The van der Waals surface area contributed by atoms with Crippen molar-refractivity contribution in [3.05, 3.63) is 82.9 Å². The molecule has 0 aromatic heterocycles. The first-order valence-electron chi connectivity index (χ1n) is 13.2. The molecule has 3 aromatic carbocycles. The van der Waals surface area contributed by atoms with E-state index in [1.165, 1.54) is 47.5 Å². The van der Waals surface area contributed by atoms with E-state index in [-0.39, 0.29) is 23.4 Å². The Balaban J connectivity index is 1.42. The Kier molecular flexibility index (Phi) is 7.34. The van der Waals surface area contributed by atoms with Crippen LogP contribution in [-0.2, 0) is 27.7 Å². The zero-order valence-corrected chi connectivity index (χ0v) is 22.9. The maximum absolute atomic E-state index is 13.8. The van der Waals surface area contributed by atoms with Gasteiger partial charge in [0.05, 0.1) is 30.3 Å². The summed E-state index contributed by atoms with van der Waals surface area (Å²) in [6, 6.07) is 17.9. The van der Waals surface area contributed by atoms with Crippen molar-refractivity contribution in [3.63, 3.8) is 0 Å². The monoisotopic (exact) mass is 534 g/mol. The summed E-state index contributed by atoms with van der Waals surface area (Å²) in [6.07, 6.45) is 4.29. The fourth-order valence-electron chi connectivity index (χ4n) is 5.26. The van der Waals surface area contributed by atoms with Gasteiger partial charge in [-0.3, -0.25) is 9.10 Å². The molecule has 1 aliphatic heterocycles. The van der Waals surface area contributed by atoms with Crippen LogP contribution < -0.4 is 19.1 Å². The number of sulfonamides is 1. The van der Waals surface area contributed by atoms with Crippen LogP contribution in [0.3, 0.4) is 0 Å². The number of carbonyl (C=O) groups excluding carboxylic acids is 1. The number of ether oxygens (including phenoxy) is 2. The van der Waals surface area contributed by atoms with Crippen molar-refractivity contribution in [2.45, 2.75) is 63.0 Å². The van der Waals surface area contributed by atoms with Crippen LogP contribution in [0, 0.1) is 6.92 Å². The molecule has 0 unspecified atom stereocenters. The molecule has 1 heterocycles. The summed E-state index contributed by atoms with van der Waals surface area (Å²) < 4.78 is 40.1. The molecule has 0 spiro atoms. The number of benzene rings is 3. The second-order valence-corrected chi connectivity index (χ2v) is 11.9. The number of anilines is 1. The van der Waals surface area contributed by atoms with Gasteiger partial charge >= 0.3 is 0 Å². The zero-order chi connectivity index (χ0) is 26.9. The summed E-state index contributed by atoms with van der Waals surface area (Å²) in [5.41, 5.74) is 5.13.